The van der Waals surface area contributed by atoms with Crippen LogP contribution in [0.1, 0.15) is 10.5 Å². The third-order valence-corrected chi connectivity index (χ3v) is 4.07. The number of aromatic nitrogens is 4. The molecule has 1 aromatic carbocycles. The Morgan fingerprint density at radius 3 is 2.33 bits per heavy atom. The number of nitrogens with one attached hydrogen (secondary N) is 2. The van der Waals surface area contributed by atoms with Gasteiger partial charge in [-0.2, -0.15) is 10.2 Å². The maximum Gasteiger partial charge on any atom is 0.278 e. The zero-order valence-electron chi connectivity index (χ0n) is 15.2. The quantitative estimate of drug-likeness (QED) is 0.669. The number of benzene rings is 1. The second-order valence-corrected chi connectivity index (χ2v) is 5.94. The molecule has 0 unspecified atom stereocenters. The summed E-state index contributed by atoms with van der Waals surface area (Å²) in [4.78, 5) is 12.3. The van der Waals surface area contributed by atoms with Gasteiger partial charge in [0.05, 0.1) is 32.0 Å². The van der Waals surface area contributed by atoms with Crippen molar-refractivity contribution in [1.82, 2.24) is 20.0 Å². The highest BCUT2D eigenvalue weighted by molar-refractivity contribution is 6.34. The Morgan fingerprint density at radius 2 is 1.81 bits per heavy atom. The molecular formula is C17H18ClN5O4. The van der Waals surface area contributed by atoms with Crippen LogP contribution in [0.4, 0.5) is 5.82 Å². The molecule has 2 heterocycles. The van der Waals surface area contributed by atoms with Crippen molar-refractivity contribution in [3.05, 3.63) is 35.1 Å². The summed E-state index contributed by atoms with van der Waals surface area (Å²) in [7, 11) is 6.29. The average molecular weight is 392 g/mol. The van der Waals surface area contributed by atoms with Gasteiger partial charge in [-0.3, -0.25) is 14.6 Å². The largest absolute Gasteiger partial charge is 0.493 e. The Bertz CT molecular complexity index is 957. The Balaban J connectivity index is 1.87. The molecule has 0 fully saturated rings. The molecule has 142 valence electrons. The summed E-state index contributed by atoms with van der Waals surface area (Å²) in [5.74, 6) is 1.37. The zero-order valence-corrected chi connectivity index (χ0v) is 15.9. The second kappa shape index (κ2) is 7.58. The molecule has 0 saturated heterocycles. The minimum atomic E-state index is -0.455. The molecule has 0 saturated carbocycles. The molecule has 0 radical (unpaired) electrons. The summed E-state index contributed by atoms with van der Waals surface area (Å²) >= 11 is 5.99. The van der Waals surface area contributed by atoms with E-state index >= 15 is 0 Å². The third-order valence-electron chi connectivity index (χ3n) is 3.79. The van der Waals surface area contributed by atoms with Crippen LogP contribution in [0.5, 0.6) is 17.2 Å². The van der Waals surface area contributed by atoms with Crippen LogP contribution in [0.3, 0.4) is 0 Å². The highest BCUT2D eigenvalue weighted by Gasteiger charge is 2.18. The lowest BCUT2D eigenvalue weighted by molar-refractivity contribution is 0.102. The van der Waals surface area contributed by atoms with Crippen molar-refractivity contribution in [2.75, 3.05) is 26.6 Å². The SMILES string of the molecule is COc1cc(-c2cc(NC(=O)c3nn(C)cc3Cl)n[nH]2)cc(OC)c1OC. The monoisotopic (exact) mass is 391 g/mol. The first-order valence-electron chi connectivity index (χ1n) is 7.83. The molecule has 0 bridgehead atoms. The van der Waals surface area contributed by atoms with Crippen LogP contribution >= 0.6 is 11.6 Å². The second-order valence-electron chi connectivity index (χ2n) is 5.53. The van der Waals surface area contributed by atoms with Crippen molar-refractivity contribution < 1.29 is 19.0 Å². The van der Waals surface area contributed by atoms with Crippen LogP contribution in [0.2, 0.25) is 5.02 Å². The summed E-state index contributed by atoms with van der Waals surface area (Å²) < 4.78 is 17.5. The summed E-state index contributed by atoms with van der Waals surface area (Å²) in [6.07, 6.45) is 1.54. The van der Waals surface area contributed by atoms with E-state index in [0.29, 0.717) is 28.8 Å². The van der Waals surface area contributed by atoms with Crippen LogP contribution in [0.25, 0.3) is 11.3 Å². The van der Waals surface area contributed by atoms with E-state index in [0.717, 1.165) is 5.56 Å². The standard InChI is InChI=1S/C17H18ClN5O4/c1-23-8-10(18)15(22-23)17(24)19-14-7-11(20-21-14)9-5-12(25-2)16(27-4)13(6-9)26-3/h5-8H,1-4H3,(H2,19,20,21,24). The molecule has 0 aliphatic rings. The predicted octanol–water partition coefficient (Wildman–Crippen LogP) is 2.74. The lowest BCUT2D eigenvalue weighted by Crippen LogP contribution is -2.13. The number of nitrogens with zero attached hydrogens (tertiary/aromatic N) is 3. The van der Waals surface area contributed by atoms with Gasteiger partial charge in [0.1, 0.15) is 0 Å². The van der Waals surface area contributed by atoms with E-state index in [-0.39, 0.29) is 10.7 Å². The molecule has 9 nitrogen and oxygen atoms in total. The minimum Gasteiger partial charge on any atom is -0.493 e. The number of carbonyl (C=O) groups is 1. The zero-order chi connectivity index (χ0) is 19.6. The van der Waals surface area contributed by atoms with Gasteiger partial charge in [0.2, 0.25) is 5.75 Å². The van der Waals surface area contributed by atoms with Gasteiger partial charge in [-0.1, -0.05) is 11.6 Å². The summed E-state index contributed by atoms with van der Waals surface area (Å²) in [5, 5.41) is 13.9. The maximum absolute atomic E-state index is 12.3. The van der Waals surface area contributed by atoms with E-state index in [1.807, 2.05) is 0 Å². The van der Waals surface area contributed by atoms with E-state index in [4.69, 9.17) is 25.8 Å². The number of aryl methyl sites for hydroxylation is 1. The number of aromatic amines is 1. The maximum atomic E-state index is 12.3. The van der Waals surface area contributed by atoms with Crippen molar-refractivity contribution >= 4 is 23.3 Å². The van der Waals surface area contributed by atoms with Crippen LogP contribution in [-0.2, 0) is 7.05 Å². The fourth-order valence-corrected chi connectivity index (χ4v) is 2.82. The molecule has 2 N–H and O–H groups in total. The van der Waals surface area contributed by atoms with Gasteiger partial charge in [0, 0.05) is 24.9 Å². The minimum absolute atomic E-state index is 0.122. The van der Waals surface area contributed by atoms with Gasteiger partial charge in [-0.15, -0.1) is 0 Å². The number of hydrogen-bond donors (Lipinski definition) is 2. The van der Waals surface area contributed by atoms with E-state index in [1.165, 1.54) is 26.0 Å². The lowest BCUT2D eigenvalue weighted by atomic mass is 10.1. The number of amides is 1. The Hall–Kier alpha value is -3.20. The summed E-state index contributed by atoms with van der Waals surface area (Å²) in [6.45, 7) is 0. The van der Waals surface area contributed by atoms with Gasteiger partial charge >= 0.3 is 0 Å². The van der Waals surface area contributed by atoms with E-state index < -0.39 is 5.91 Å². The fraction of sp³-hybridized carbons (Fsp3) is 0.235. The normalized spacial score (nSPS) is 10.6. The first-order valence-corrected chi connectivity index (χ1v) is 8.21. The molecule has 0 aliphatic carbocycles. The number of ether oxygens (including phenoxy) is 3. The molecule has 3 aromatic rings. The van der Waals surface area contributed by atoms with Crippen LogP contribution in [0, 0.1) is 0 Å². The van der Waals surface area contributed by atoms with Crippen molar-refractivity contribution in [3.8, 4) is 28.5 Å². The van der Waals surface area contributed by atoms with Crippen LogP contribution in [0.15, 0.2) is 24.4 Å². The Kier molecular flexibility index (Phi) is 5.22. The lowest BCUT2D eigenvalue weighted by Gasteiger charge is -2.13. The van der Waals surface area contributed by atoms with Crippen LogP contribution in [-0.4, -0.2) is 47.2 Å². The van der Waals surface area contributed by atoms with Crippen LogP contribution < -0.4 is 19.5 Å². The average Bonchev–Trinajstić information content (AvgIpc) is 3.26. The fourth-order valence-electron chi connectivity index (χ4n) is 2.56. The van der Waals surface area contributed by atoms with E-state index in [1.54, 1.807) is 31.4 Å². The number of hydrogen-bond acceptors (Lipinski definition) is 6. The summed E-state index contributed by atoms with van der Waals surface area (Å²) in [6, 6.07) is 5.22. The number of rotatable bonds is 6. The van der Waals surface area contributed by atoms with E-state index in [9.17, 15) is 4.79 Å². The van der Waals surface area contributed by atoms with Gasteiger partial charge in [0.15, 0.2) is 23.0 Å². The highest BCUT2D eigenvalue weighted by Crippen LogP contribution is 2.41. The topological polar surface area (TPSA) is 103 Å². The number of anilines is 1. The predicted molar refractivity (Wildman–Crippen MR) is 99.9 cm³/mol. The van der Waals surface area contributed by atoms with Gasteiger partial charge < -0.3 is 19.5 Å². The molecule has 27 heavy (non-hydrogen) atoms. The molecule has 0 atom stereocenters. The van der Waals surface area contributed by atoms with Crippen molar-refractivity contribution in [2.45, 2.75) is 0 Å². The van der Waals surface area contributed by atoms with Gasteiger partial charge in [0.25, 0.3) is 5.91 Å². The smallest absolute Gasteiger partial charge is 0.278 e. The molecule has 0 spiro atoms. The molecular weight excluding hydrogens is 374 g/mol. The number of halogens is 1. The number of methoxy groups -OCH3 is 3. The first-order chi connectivity index (χ1) is 13.0. The van der Waals surface area contributed by atoms with E-state index in [2.05, 4.69) is 20.6 Å². The van der Waals surface area contributed by atoms with Gasteiger partial charge in [-0.05, 0) is 12.1 Å². The van der Waals surface area contributed by atoms with Crippen molar-refractivity contribution in [2.24, 2.45) is 7.05 Å². The Labute approximate surface area is 160 Å². The molecule has 10 heteroatoms. The van der Waals surface area contributed by atoms with Crippen molar-refractivity contribution in [3.63, 3.8) is 0 Å². The third kappa shape index (κ3) is 3.68. The van der Waals surface area contributed by atoms with Gasteiger partial charge in [-0.25, -0.2) is 0 Å². The molecule has 2 aromatic heterocycles. The highest BCUT2D eigenvalue weighted by atomic mass is 35.5. The molecule has 3 rings (SSSR count). The van der Waals surface area contributed by atoms with Crippen molar-refractivity contribution in [1.29, 1.82) is 0 Å². The first kappa shape index (κ1) is 18.6. The summed E-state index contributed by atoms with van der Waals surface area (Å²) in [5.41, 5.74) is 1.52. The molecule has 0 aliphatic heterocycles. The Morgan fingerprint density at radius 1 is 1.15 bits per heavy atom. The molecule has 1 amide bonds. The number of carbonyl (C=O) groups excluding carboxylic acids is 1. The number of H-pyrrole nitrogens is 1.